The van der Waals surface area contributed by atoms with Crippen LogP contribution in [0.5, 0.6) is 0 Å². The summed E-state index contributed by atoms with van der Waals surface area (Å²) in [4.78, 5) is 2.30. The fourth-order valence-corrected chi connectivity index (χ4v) is 2.79. The van der Waals surface area contributed by atoms with Crippen LogP contribution in [0, 0.1) is 0 Å². The molecule has 2 fully saturated rings. The lowest BCUT2D eigenvalue weighted by Gasteiger charge is -2.26. The van der Waals surface area contributed by atoms with Crippen molar-refractivity contribution in [2.45, 2.75) is 44.1 Å². The highest BCUT2D eigenvalue weighted by Crippen LogP contribution is 2.35. The van der Waals surface area contributed by atoms with Crippen molar-refractivity contribution in [2.24, 2.45) is 5.73 Å². The van der Waals surface area contributed by atoms with Crippen LogP contribution in [0.2, 0.25) is 0 Å². The SMILES string of the molecule is NCC1CCCN1c1ccc(C2CCC2)nn1. The van der Waals surface area contributed by atoms with E-state index in [4.69, 9.17) is 5.73 Å². The molecule has 1 aliphatic heterocycles. The number of anilines is 1. The van der Waals surface area contributed by atoms with Crippen molar-refractivity contribution in [2.75, 3.05) is 18.0 Å². The van der Waals surface area contributed by atoms with Gasteiger partial charge in [-0.2, -0.15) is 5.10 Å². The molecule has 2 N–H and O–H groups in total. The summed E-state index contributed by atoms with van der Waals surface area (Å²) in [7, 11) is 0. The third kappa shape index (κ3) is 2.02. The third-order valence-electron chi connectivity index (χ3n) is 4.14. The monoisotopic (exact) mass is 232 g/mol. The summed E-state index contributed by atoms with van der Waals surface area (Å²) in [6, 6.07) is 4.73. The van der Waals surface area contributed by atoms with E-state index >= 15 is 0 Å². The summed E-state index contributed by atoms with van der Waals surface area (Å²) in [5.41, 5.74) is 6.95. The Morgan fingerprint density at radius 3 is 2.65 bits per heavy atom. The molecule has 1 saturated carbocycles. The van der Waals surface area contributed by atoms with Gasteiger partial charge in [-0.15, -0.1) is 5.10 Å². The Kier molecular flexibility index (Phi) is 2.97. The second kappa shape index (κ2) is 4.61. The van der Waals surface area contributed by atoms with Crippen LogP contribution >= 0.6 is 0 Å². The van der Waals surface area contributed by atoms with Crippen LogP contribution in [0.25, 0.3) is 0 Å². The van der Waals surface area contributed by atoms with Gasteiger partial charge in [0.05, 0.1) is 5.69 Å². The first-order valence-corrected chi connectivity index (χ1v) is 6.69. The van der Waals surface area contributed by atoms with Crippen molar-refractivity contribution in [3.63, 3.8) is 0 Å². The minimum Gasteiger partial charge on any atom is -0.351 e. The molecule has 0 radical (unpaired) electrons. The fraction of sp³-hybridized carbons (Fsp3) is 0.692. The Morgan fingerprint density at radius 1 is 1.18 bits per heavy atom. The van der Waals surface area contributed by atoms with Crippen LogP contribution in [0.3, 0.4) is 0 Å². The number of hydrogen-bond acceptors (Lipinski definition) is 4. The first-order chi connectivity index (χ1) is 8.38. The summed E-state index contributed by atoms with van der Waals surface area (Å²) in [5, 5.41) is 8.76. The Hall–Kier alpha value is -1.16. The Morgan fingerprint density at radius 2 is 2.06 bits per heavy atom. The van der Waals surface area contributed by atoms with Gasteiger partial charge in [-0.1, -0.05) is 6.42 Å². The van der Waals surface area contributed by atoms with Gasteiger partial charge in [0.15, 0.2) is 5.82 Å². The maximum absolute atomic E-state index is 5.78. The summed E-state index contributed by atoms with van der Waals surface area (Å²) >= 11 is 0. The summed E-state index contributed by atoms with van der Waals surface area (Å²) in [6.07, 6.45) is 6.30. The number of hydrogen-bond donors (Lipinski definition) is 1. The molecule has 3 rings (SSSR count). The van der Waals surface area contributed by atoms with E-state index < -0.39 is 0 Å². The maximum atomic E-state index is 5.78. The largest absolute Gasteiger partial charge is 0.351 e. The molecule has 17 heavy (non-hydrogen) atoms. The van der Waals surface area contributed by atoms with Gasteiger partial charge >= 0.3 is 0 Å². The van der Waals surface area contributed by atoms with Gasteiger partial charge in [0.1, 0.15) is 0 Å². The molecule has 1 aromatic heterocycles. The summed E-state index contributed by atoms with van der Waals surface area (Å²) in [5.74, 6) is 1.67. The molecule has 1 aliphatic carbocycles. The molecule has 2 heterocycles. The second-order valence-electron chi connectivity index (χ2n) is 5.17. The minimum absolute atomic E-state index is 0.457. The van der Waals surface area contributed by atoms with Gasteiger partial charge in [0.25, 0.3) is 0 Å². The smallest absolute Gasteiger partial charge is 0.151 e. The lowest BCUT2D eigenvalue weighted by atomic mass is 9.83. The molecule has 0 amide bonds. The van der Waals surface area contributed by atoms with Gasteiger partial charge in [0, 0.05) is 25.0 Å². The van der Waals surface area contributed by atoms with Crippen molar-refractivity contribution in [1.29, 1.82) is 0 Å². The van der Waals surface area contributed by atoms with Gasteiger partial charge in [-0.05, 0) is 37.8 Å². The zero-order valence-corrected chi connectivity index (χ0v) is 10.2. The number of rotatable bonds is 3. The molecule has 4 nitrogen and oxygen atoms in total. The molecule has 2 aliphatic rings. The lowest BCUT2D eigenvalue weighted by Crippen LogP contribution is -2.36. The van der Waals surface area contributed by atoms with Gasteiger partial charge in [-0.25, -0.2) is 0 Å². The number of aromatic nitrogens is 2. The van der Waals surface area contributed by atoms with E-state index in [9.17, 15) is 0 Å². The van der Waals surface area contributed by atoms with Crippen molar-refractivity contribution in [3.05, 3.63) is 17.8 Å². The topological polar surface area (TPSA) is 55.0 Å². The third-order valence-corrected chi connectivity index (χ3v) is 4.14. The first-order valence-electron chi connectivity index (χ1n) is 6.69. The molecule has 1 atom stereocenters. The highest BCUT2D eigenvalue weighted by atomic mass is 15.3. The van der Waals surface area contributed by atoms with Crippen LogP contribution in [0.1, 0.15) is 43.7 Å². The Balaban J connectivity index is 1.74. The molecular formula is C13H20N4. The average Bonchev–Trinajstić information content (AvgIpc) is 2.76. The average molecular weight is 232 g/mol. The molecule has 0 spiro atoms. The normalized spacial score (nSPS) is 25.0. The number of nitrogens with zero attached hydrogens (tertiary/aromatic N) is 3. The molecular weight excluding hydrogens is 212 g/mol. The molecule has 1 aromatic rings. The molecule has 1 saturated heterocycles. The van der Waals surface area contributed by atoms with E-state index in [2.05, 4.69) is 27.2 Å². The second-order valence-corrected chi connectivity index (χ2v) is 5.17. The minimum atomic E-state index is 0.457. The molecule has 0 aromatic carbocycles. The Bertz CT molecular complexity index is 372. The van der Waals surface area contributed by atoms with Gasteiger partial charge in [0.2, 0.25) is 0 Å². The van der Waals surface area contributed by atoms with E-state index in [1.807, 2.05) is 0 Å². The van der Waals surface area contributed by atoms with Crippen LogP contribution in [0.4, 0.5) is 5.82 Å². The molecule has 1 unspecified atom stereocenters. The quantitative estimate of drug-likeness (QED) is 0.861. The van der Waals surface area contributed by atoms with Crippen LogP contribution in [-0.2, 0) is 0 Å². The van der Waals surface area contributed by atoms with Crippen LogP contribution in [-0.4, -0.2) is 29.3 Å². The Labute approximate surface area is 102 Å². The van der Waals surface area contributed by atoms with E-state index in [1.54, 1.807) is 0 Å². The van der Waals surface area contributed by atoms with Crippen molar-refractivity contribution >= 4 is 5.82 Å². The van der Waals surface area contributed by atoms with E-state index in [0.29, 0.717) is 18.5 Å². The zero-order chi connectivity index (χ0) is 11.7. The highest BCUT2D eigenvalue weighted by Gasteiger charge is 2.25. The van der Waals surface area contributed by atoms with Crippen LogP contribution < -0.4 is 10.6 Å². The molecule has 4 heteroatoms. The van der Waals surface area contributed by atoms with Gasteiger partial charge < -0.3 is 10.6 Å². The predicted molar refractivity (Wildman–Crippen MR) is 68.0 cm³/mol. The van der Waals surface area contributed by atoms with E-state index in [-0.39, 0.29) is 0 Å². The van der Waals surface area contributed by atoms with Crippen molar-refractivity contribution in [1.82, 2.24) is 10.2 Å². The van der Waals surface area contributed by atoms with E-state index in [0.717, 1.165) is 12.4 Å². The van der Waals surface area contributed by atoms with Gasteiger partial charge in [-0.3, -0.25) is 0 Å². The molecule has 92 valence electrons. The maximum Gasteiger partial charge on any atom is 0.151 e. The standard InChI is InChI=1S/C13H20N4/c14-9-11-5-2-8-17(11)13-7-6-12(15-16-13)10-3-1-4-10/h6-7,10-11H,1-5,8-9,14H2. The fourth-order valence-electron chi connectivity index (χ4n) is 2.79. The first kappa shape index (κ1) is 11.0. The number of nitrogens with two attached hydrogens (primary N) is 1. The highest BCUT2D eigenvalue weighted by molar-refractivity contribution is 5.40. The van der Waals surface area contributed by atoms with E-state index in [1.165, 1.54) is 37.8 Å². The molecule has 0 bridgehead atoms. The summed E-state index contributed by atoms with van der Waals surface area (Å²) in [6.45, 7) is 1.78. The summed E-state index contributed by atoms with van der Waals surface area (Å²) < 4.78 is 0. The predicted octanol–water partition coefficient (Wildman–Crippen LogP) is 1.67. The van der Waals surface area contributed by atoms with Crippen molar-refractivity contribution < 1.29 is 0 Å². The van der Waals surface area contributed by atoms with Crippen LogP contribution in [0.15, 0.2) is 12.1 Å². The zero-order valence-electron chi connectivity index (χ0n) is 10.2. The lowest BCUT2D eigenvalue weighted by molar-refractivity contribution is 0.408. The van der Waals surface area contributed by atoms with Crippen molar-refractivity contribution in [3.8, 4) is 0 Å².